The van der Waals surface area contributed by atoms with Crippen LogP contribution in [0, 0.1) is 0 Å². The summed E-state index contributed by atoms with van der Waals surface area (Å²) in [4.78, 5) is 16.5. The lowest BCUT2D eigenvalue weighted by molar-refractivity contribution is -0.140. The highest BCUT2D eigenvalue weighted by atomic mass is 35.5. The van der Waals surface area contributed by atoms with Crippen molar-refractivity contribution in [3.63, 3.8) is 0 Å². The lowest BCUT2D eigenvalue weighted by Crippen LogP contribution is -2.61. The molecule has 3 aliphatic heterocycles. The first kappa shape index (κ1) is 21.8. The topological polar surface area (TPSA) is 85.4 Å². The summed E-state index contributed by atoms with van der Waals surface area (Å²) in [6.07, 6.45) is -0.159. The molecule has 0 aliphatic carbocycles. The van der Waals surface area contributed by atoms with Crippen molar-refractivity contribution in [1.82, 2.24) is 23.7 Å². The Hall–Kier alpha value is -0.490. The number of rotatable bonds is 3. The molecule has 0 spiro atoms. The molecule has 3 rings (SSSR count). The first-order valence-electron chi connectivity index (χ1n) is 8.97. The molecule has 11 heteroatoms. The smallest absolute Gasteiger partial charge is 0.282 e. The Labute approximate surface area is 162 Å². The summed E-state index contributed by atoms with van der Waals surface area (Å²) in [7, 11) is -1.43. The number of ether oxygens (including phenoxy) is 1. The Kier molecular flexibility index (Phi) is 7.66. The fourth-order valence-electron chi connectivity index (χ4n) is 3.53. The summed E-state index contributed by atoms with van der Waals surface area (Å²) in [5, 5.41) is 3.20. The van der Waals surface area contributed by atoms with Gasteiger partial charge >= 0.3 is 0 Å². The Morgan fingerprint density at radius 3 is 2.08 bits per heavy atom. The Morgan fingerprint density at radius 2 is 1.54 bits per heavy atom. The third kappa shape index (κ3) is 4.67. The second-order valence-electron chi connectivity index (χ2n) is 6.94. The molecule has 3 fully saturated rings. The summed E-state index contributed by atoms with van der Waals surface area (Å²) in [5.41, 5.74) is 0. The van der Waals surface area contributed by atoms with Crippen LogP contribution in [0.4, 0.5) is 0 Å². The average Bonchev–Trinajstić information content (AvgIpc) is 2.62. The standard InChI is InChI=1S/C15H29N5O4S.ClH/c1-13-14(16-3-12-24-13)15(21)18-6-10-20(11-7-18)25(22,23)19-8-4-17(2)5-9-19;/h13-14,16H,3-12H2,1-2H3;1H/t13-,14+;/m1./s1. The van der Waals surface area contributed by atoms with Crippen molar-refractivity contribution in [2.75, 3.05) is 72.6 Å². The fourth-order valence-corrected chi connectivity index (χ4v) is 5.10. The molecule has 3 saturated heterocycles. The van der Waals surface area contributed by atoms with E-state index in [1.54, 1.807) is 9.21 Å². The zero-order valence-electron chi connectivity index (χ0n) is 15.5. The van der Waals surface area contributed by atoms with Crippen molar-refractivity contribution in [3.05, 3.63) is 0 Å². The van der Waals surface area contributed by atoms with E-state index in [4.69, 9.17) is 4.74 Å². The summed E-state index contributed by atoms with van der Waals surface area (Å²) in [6.45, 7) is 7.28. The van der Waals surface area contributed by atoms with E-state index in [9.17, 15) is 13.2 Å². The number of nitrogens with zero attached hydrogens (tertiary/aromatic N) is 4. The normalized spacial score (nSPS) is 30.0. The largest absolute Gasteiger partial charge is 0.375 e. The van der Waals surface area contributed by atoms with Gasteiger partial charge < -0.3 is 19.9 Å². The summed E-state index contributed by atoms with van der Waals surface area (Å²) >= 11 is 0. The average molecular weight is 412 g/mol. The maximum Gasteiger partial charge on any atom is 0.282 e. The number of nitrogens with one attached hydrogen (secondary N) is 1. The van der Waals surface area contributed by atoms with E-state index < -0.39 is 10.2 Å². The molecule has 3 aliphatic rings. The van der Waals surface area contributed by atoms with Gasteiger partial charge in [-0.15, -0.1) is 12.4 Å². The molecular weight excluding hydrogens is 382 g/mol. The summed E-state index contributed by atoms with van der Waals surface area (Å²) < 4.78 is 34.2. The molecular formula is C15H30ClN5O4S. The van der Waals surface area contributed by atoms with Gasteiger partial charge in [0.2, 0.25) is 5.91 Å². The van der Waals surface area contributed by atoms with Crippen LogP contribution in [0.2, 0.25) is 0 Å². The first-order valence-corrected chi connectivity index (χ1v) is 10.4. The third-order valence-electron chi connectivity index (χ3n) is 5.25. The monoisotopic (exact) mass is 411 g/mol. The zero-order chi connectivity index (χ0) is 18.0. The Morgan fingerprint density at radius 1 is 1.00 bits per heavy atom. The number of carbonyl (C=O) groups excluding carboxylic acids is 1. The highest BCUT2D eigenvalue weighted by Gasteiger charge is 2.37. The number of likely N-dealkylation sites (N-methyl/N-ethyl adjacent to an activating group) is 1. The highest BCUT2D eigenvalue weighted by molar-refractivity contribution is 7.86. The number of carbonyl (C=O) groups is 1. The van der Waals surface area contributed by atoms with E-state index in [1.165, 1.54) is 4.31 Å². The summed E-state index contributed by atoms with van der Waals surface area (Å²) in [6, 6.07) is -0.338. The molecule has 0 aromatic heterocycles. The maximum atomic E-state index is 12.8. The molecule has 1 N–H and O–H groups in total. The van der Waals surface area contributed by atoms with Crippen LogP contribution in [0.1, 0.15) is 6.92 Å². The van der Waals surface area contributed by atoms with Crippen molar-refractivity contribution in [3.8, 4) is 0 Å². The Bertz CT molecular complexity index is 577. The molecule has 3 heterocycles. The van der Waals surface area contributed by atoms with Gasteiger partial charge in [0.15, 0.2) is 0 Å². The third-order valence-corrected chi connectivity index (χ3v) is 7.28. The van der Waals surface area contributed by atoms with Gasteiger partial charge in [0, 0.05) is 58.9 Å². The number of amides is 1. The molecule has 152 valence electrons. The number of morpholine rings is 1. The van der Waals surface area contributed by atoms with Gasteiger partial charge in [-0.05, 0) is 14.0 Å². The van der Waals surface area contributed by atoms with Crippen molar-refractivity contribution in [1.29, 1.82) is 0 Å². The first-order chi connectivity index (χ1) is 11.9. The SMILES string of the molecule is C[C@H]1OCCN[C@@H]1C(=O)N1CCN(S(=O)(=O)N2CCN(C)CC2)CC1.Cl. The quantitative estimate of drug-likeness (QED) is 0.603. The van der Waals surface area contributed by atoms with Gasteiger partial charge in [0.1, 0.15) is 6.04 Å². The van der Waals surface area contributed by atoms with Gasteiger partial charge in [-0.25, -0.2) is 0 Å². The van der Waals surface area contributed by atoms with Crippen LogP contribution >= 0.6 is 12.4 Å². The van der Waals surface area contributed by atoms with Crippen molar-refractivity contribution < 1.29 is 17.9 Å². The van der Waals surface area contributed by atoms with Gasteiger partial charge in [-0.1, -0.05) is 0 Å². The Balaban J connectivity index is 0.00000243. The van der Waals surface area contributed by atoms with Crippen LogP contribution in [0.3, 0.4) is 0 Å². The van der Waals surface area contributed by atoms with E-state index in [-0.39, 0.29) is 30.5 Å². The zero-order valence-corrected chi connectivity index (χ0v) is 17.1. The molecule has 0 aromatic carbocycles. The highest BCUT2D eigenvalue weighted by Crippen LogP contribution is 2.16. The second-order valence-corrected chi connectivity index (χ2v) is 8.87. The minimum Gasteiger partial charge on any atom is -0.375 e. The number of hydrogen-bond acceptors (Lipinski definition) is 6. The lowest BCUT2D eigenvalue weighted by atomic mass is 10.1. The van der Waals surface area contributed by atoms with E-state index in [1.807, 2.05) is 14.0 Å². The number of halogens is 1. The van der Waals surface area contributed by atoms with Crippen LogP contribution in [0.15, 0.2) is 0 Å². The van der Waals surface area contributed by atoms with E-state index >= 15 is 0 Å². The fraction of sp³-hybridized carbons (Fsp3) is 0.933. The van der Waals surface area contributed by atoms with E-state index in [0.717, 1.165) is 13.1 Å². The predicted octanol–water partition coefficient (Wildman–Crippen LogP) is -1.58. The second kappa shape index (κ2) is 9.13. The summed E-state index contributed by atoms with van der Waals surface area (Å²) in [5.74, 6) is 0.00356. The lowest BCUT2D eigenvalue weighted by Gasteiger charge is -2.40. The molecule has 0 saturated carbocycles. The minimum absolute atomic E-state index is 0. The predicted molar refractivity (Wildman–Crippen MR) is 101 cm³/mol. The van der Waals surface area contributed by atoms with Crippen molar-refractivity contribution in [2.45, 2.75) is 19.1 Å². The molecule has 0 aromatic rings. The molecule has 0 unspecified atom stereocenters. The van der Waals surface area contributed by atoms with Gasteiger partial charge in [-0.3, -0.25) is 4.79 Å². The van der Waals surface area contributed by atoms with Crippen LogP contribution in [-0.2, 0) is 19.7 Å². The molecule has 9 nitrogen and oxygen atoms in total. The van der Waals surface area contributed by atoms with E-state index in [0.29, 0.717) is 52.4 Å². The maximum absolute atomic E-state index is 12.8. The minimum atomic E-state index is -3.43. The number of hydrogen-bond donors (Lipinski definition) is 1. The van der Waals surface area contributed by atoms with Gasteiger partial charge in [0.25, 0.3) is 10.2 Å². The molecule has 1 amide bonds. The molecule has 26 heavy (non-hydrogen) atoms. The molecule has 0 radical (unpaired) electrons. The van der Waals surface area contributed by atoms with Crippen LogP contribution in [0.25, 0.3) is 0 Å². The van der Waals surface area contributed by atoms with Crippen molar-refractivity contribution >= 4 is 28.5 Å². The van der Waals surface area contributed by atoms with E-state index in [2.05, 4.69) is 10.2 Å². The van der Waals surface area contributed by atoms with Crippen LogP contribution in [-0.4, -0.2) is 117 Å². The molecule has 0 bridgehead atoms. The van der Waals surface area contributed by atoms with Crippen LogP contribution in [0.5, 0.6) is 0 Å². The number of piperazine rings is 2. The van der Waals surface area contributed by atoms with Crippen molar-refractivity contribution in [2.24, 2.45) is 0 Å². The van der Waals surface area contributed by atoms with Gasteiger partial charge in [0.05, 0.1) is 12.7 Å². The van der Waals surface area contributed by atoms with Crippen LogP contribution < -0.4 is 5.32 Å². The van der Waals surface area contributed by atoms with Gasteiger partial charge in [-0.2, -0.15) is 17.0 Å². The molecule has 2 atom stereocenters.